The molecule has 64 valence electrons. The van der Waals surface area contributed by atoms with Crippen molar-refractivity contribution in [1.82, 2.24) is 4.98 Å². The zero-order chi connectivity index (χ0) is 9.14. The second-order valence-electron chi connectivity index (χ2n) is 2.51. The number of primary amides is 1. The van der Waals surface area contributed by atoms with E-state index in [4.69, 9.17) is 5.73 Å². The highest BCUT2D eigenvalue weighted by Crippen LogP contribution is 2.12. The Bertz CT molecular complexity index is 290. The van der Waals surface area contributed by atoms with Gasteiger partial charge in [-0.2, -0.15) is 0 Å². The predicted octanol–water partition coefficient (Wildman–Crippen LogP) is 1.16. The smallest absolute Gasteiger partial charge is 0.409 e. The largest absolute Gasteiger partial charge is 0.410 e. The van der Waals surface area contributed by atoms with Gasteiger partial charge in [0.2, 0.25) is 0 Å². The summed E-state index contributed by atoms with van der Waals surface area (Å²) in [7, 11) is 0. The molecule has 1 heterocycles. The van der Waals surface area contributed by atoms with Gasteiger partial charge in [0.15, 0.2) is 0 Å². The van der Waals surface area contributed by atoms with Crippen molar-refractivity contribution in [1.29, 1.82) is 0 Å². The SMILES string of the molecule is Cc1cc(OC(N)=O)cc(C)n1. The molecule has 4 nitrogen and oxygen atoms in total. The number of pyridine rings is 1. The van der Waals surface area contributed by atoms with E-state index in [1.54, 1.807) is 12.1 Å². The Hall–Kier alpha value is -1.58. The lowest BCUT2D eigenvalue weighted by molar-refractivity contribution is 0.211. The number of hydrogen-bond donors (Lipinski definition) is 1. The summed E-state index contributed by atoms with van der Waals surface area (Å²) >= 11 is 0. The average Bonchev–Trinajstić information content (AvgIpc) is 1.81. The molecule has 0 aliphatic carbocycles. The molecule has 0 aliphatic rings. The number of nitrogens with zero attached hydrogens (tertiary/aromatic N) is 1. The van der Waals surface area contributed by atoms with Gasteiger partial charge in [-0.25, -0.2) is 4.79 Å². The number of hydrogen-bond acceptors (Lipinski definition) is 3. The van der Waals surface area contributed by atoms with Crippen molar-refractivity contribution in [2.75, 3.05) is 0 Å². The molecule has 0 fully saturated rings. The summed E-state index contributed by atoms with van der Waals surface area (Å²) in [4.78, 5) is 14.5. The van der Waals surface area contributed by atoms with Crippen molar-refractivity contribution < 1.29 is 9.53 Å². The summed E-state index contributed by atoms with van der Waals surface area (Å²) in [5.41, 5.74) is 6.44. The zero-order valence-electron chi connectivity index (χ0n) is 7.00. The van der Waals surface area contributed by atoms with Gasteiger partial charge in [-0.05, 0) is 13.8 Å². The van der Waals surface area contributed by atoms with E-state index in [1.165, 1.54) is 0 Å². The van der Waals surface area contributed by atoms with E-state index in [0.29, 0.717) is 5.75 Å². The molecule has 0 radical (unpaired) electrons. The van der Waals surface area contributed by atoms with Crippen molar-refractivity contribution in [3.63, 3.8) is 0 Å². The Kier molecular flexibility index (Phi) is 2.28. The van der Waals surface area contributed by atoms with Crippen molar-refractivity contribution >= 4 is 6.09 Å². The lowest BCUT2D eigenvalue weighted by Crippen LogP contribution is -2.16. The molecule has 12 heavy (non-hydrogen) atoms. The van der Waals surface area contributed by atoms with Crippen LogP contribution in [-0.2, 0) is 0 Å². The molecule has 4 heteroatoms. The van der Waals surface area contributed by atoms with Crippen molar-refractivity contribution in [3.8, 4) is 5.75 Å². The molecule has 0 bridgehead atoms. The van der Waals surface area contributed by atoms with Gasteiger partial charge >= 0.3 is 6.09 Å². The average molecular weight is 166 g/mol. The molecule has 0 atom stereocenters. The van der Waals surface area contributed by atoms with Gasteiger partial charge < -0.3 is 10.5 Å². The van der Waals surface area contributed by atoms with Crippen LogP contribution in [0.4, 0.5) is 4.79 Å². The van der Waals surface area contributed by atoms with Crippen molar-refractivity contribution in [2.45, 2.75) is 13.8 Å². The molecule has 0 unspecified atom stereocenters. The molecule has 2 N–H and O–H groups in total. The topological polar surface area (TPSA) is 65.2 Å². The molecule has 1 amide bonds. The van der Waals surface area contributed by atoms with Gasteiger partial charge in [0.05, 0.1) is 0 Å². The lowest BCUT2D eigenvalue weighted by Gasteiger charge is -2.02. The van der Waals surface area contributed by atoms with Crippen LogP contribution >= 0.6 is 0 Å². The van der Waals surface area contributed by atoms with E-state index in [0.717, 1.165) is 11.4 Å². The molecule has 1 rings (SSSR count). The Morgan fingerprint density at radius 2 is 1.92 bits per heavy atom. The fraction of sp³-hybridized carbons (Fsp3) is 0.250. The Balaban J connectivity index is 2.93. The van der Waals surface area contributed by atoms with Crippen LogP contribution in [0.15, 0.2) is 12.1 Å². The first-order chi connectivity index (χ1) is 5.58. The fourth-order valence-corrected chi connectivity index (χ4v) is 0.971. The molecular formula is C8H10N2O2. The molecule has 1 aromatic rings. The van der Waals surface area contributed by atoms with E-state index in [2.05, 4.69) is 9.72 Å². The predicted molar refractivity (Wildman–Crippen MR) is 43.9 cm³/mol. The zero-order valence-corrected chi connectivity index (χ0v) is 7.00. The fourth-order valence-electron chi connectivity index (χ4n) is 0.971. The van der Waals surface area contributed by atoms with Crippen molar-refractivity contribution in [2.24, 2.45) is 5.73 Å². The molecule has 0 saturated heterocycles. The normalized spacial score (nSPS) is 9.50. The van der Waals surface area contributed by atoms with E-state index >= 15 is 0 Å². The quantitative estimate of drug-likeness (QED) is 0.680. The van der Waals surface area contributed by atoms with Gasteiger partial charge in [-0.3, -0.25) is 4.98 Å². The van der Waals surface area contributed by atoms with Crippen LogP contribution in [0.2, 0.25) is 0 Å². The van der Waals surface area contributed by atoms with Crippen LogP contribution in [0, 0.1) is 13.8 Å². The lowest BCUT2D eigenvalue weighted by atomic mass is 10.3. The van der Waals surface area contributed by atoms with Crippen LogP contribution in [-0.4, -0.2) is 11.1 Å². The first-order valence-electron chi connectivity index (χ1n) is 3.50. The molecule has 0 aliphatic heterocycles. The van der Waals surface area contributed by atoms with Gasteiger partial charge in [0.1, 0.15) is 5.75 Å². The number of amides is 1. The minimum atomic E-state index is -0.806. The van der Waals surface area contributed by atoms with Gasteiger partial charge in [0, 0.05) is 23.5 Å². The van der Waals surface area contributed by atoms with Crippen LogP contribution < -0.4 is 10.5 Å². The van der Waals surface area contributed by atoms with Crippen molar-refractivity contribution in [3.05, 3.63) is 23.5 Å². The number of nitrogens with two attached hydrogens (primary N) is 1. The molecule has 1 aromatic heterocycles. The number of aryl methyl sites for hydroxylation is 2. The van der Waals surface area contributed by atoms with E-state index in [9.17, 15) is 4.79 Å². The number of rotatable bonds is 1. The Morgan fingerprint density at radius 1 is 1.42 bits per heavy atom. The second kappa shape index (κ2) is 3.21. The number of carbonyl (C=O) groups excluding carboxylic acids is 1. The standard InChI is InChI=1S/C8H10N2O2/c1-5-3-7(12-8(9)11)4-6(2)10-5/h3-4H,1-2H3,(H2,9,11). The van der Waals surface area contributed by atoms with E-state index < -0.39 is 6.09 Å². The minimum absolute atomic E-state index is 0.438. The van der Waals surface area contributed by atoms with Crippen LogP contribution in [0.1, 0.15) is 11.4 Å². The molecule has 0 saturated carbocycles. The molecular weight excluding hydrogens is 156 g/mol. The van der Waals surface area contributed by atoms with Gasteiger partial charge in [-0.1, -0.05) is 0 Å². The first kappa shape index (κ1) is 8.52. The summed E-state index contributed by atoms with van der Waals surface area (Å²) < 4.78 is 4.67. The summed E-state index contributed by atoms with van der Waals surface area (Å²) in [5, 5.41) is 0. The number of ether oxygens (including phenoxy) is 1. The highest BCUT2D eigenvalue weighted by molar-refractivity contribution is 5.68. The van der Waals surface area contributed by atoms with Gasteiger partial charge in [-0.15, -0.1) is 0 Å². The summed E-state index contributed by atoms with van der Waals surface area (Å²) in [5.74, 6) is 0.438. The van der Waals surface area contributed by atoms with E-state index in [-0.39, 0.29) is 0 Å². The maximum atomic E-state index is 10.4. The maximum absolute atomic E-state index is 10.4. The minimum Gasteiger partial charge on any atom is -0.410 e. The molecule has 0 aromatic carbocycles. The third-order valence-corrected chi connectivity index (χ3v) is 1.27. The maximum Gasteiger partial charge on any atom is 0.409 e. The summed E-state index contributed by atoms with van der Waals surface area (Å²) in [6, 6.07) is 3.30. The Labute approximate surface area is 70.4 Å². The monoisotopic (exact) mass is 166 g/mol. The summed E-state index contributed by atoms with van der Waals surface area (Å²) in [6.07, 6.45) is -0.806. The van der Waals surface area contributed by atoms with Crippen LogP contribution in [0.3, 0.4) is 0 Å². The number of aromatic nitrogens is 1. The van der Waals surface area contributed by atoms with Crippen LogP contribution in [0.5, 0.6) is 5.75 Å². The highest BCUT2D eigenvalue weighted by atomic mass is 16.5. The number of carbonyl (C=O) groups is 1. The Morgan fingerprint density at radius 3 is 2.33 bits per heavy atom. The third-order valence-electron chi connectivity index (χ3n) is 1.27. The van der Waals surface area contributed by atoms with Crippen LogP contribution in [0.25, 0.3) is 0 Å². The molecule has 0 spiro atoms. The van der Waals surface area contributed by atoms with Gasteiger partial charge in [0.25, 0.3) is 0 Å². The first-order valence-corrected chi connectivity index (χ1v) is 3.50. The third kappa shape index (κ3) is 2.23. The highest BCUT2D eigenvalue weighted by Gasteiger charge is 2.00. The second-order valence-corrected chi connectivity index (χ2v) is 2.51. The van der Waals surface area contributed by atoms with E-state index in [1.807, 2.05) is 13.8 Å². The summed E-state index contributed by atoms with van der Waals surface area (Å²) in [6.45, 7) is 3.64.